The molecule has 0 fully saturated rings. The number of hydrogen-bond donors (Lipinski definition) is 8. The van der Waals surface area contributed by atoms with Crippen molar-refractivity contribution in [3.63, 3.8) is 0 Å². The summed E-state index contributed by atoms with van der Waals surface area (Å²) < 4.78 is 61.0. The highest BCUT2D eigenvalue weighted by Gasteiger charge is 2.47. The van der Waals surface area contributed by atoms with Crippen LogP contribution < -0.4 is 5.73 Å². The Morgan fingerprint density at radius 3 is 1.34 bits per heavy atom. The maximum Gasteiger partial charge on any atom is 0.473 e. The van der Waals surface area contributed by atoms with Gasteiger partial charge < -0.3 is 40.8 Å². The van der Waals surface area contributed by atoms with Crippen LogP contribution in [0, 0.1) is 0 Å². The van der Waals surface area contributed by atoms with Crippen LogP contribution in [-0.4, -0.2) is 104 Å². The highest BCUT2D eigenvalue weighted by molar-refractivity contribution is 7.48. The van der Waals surface area contributed by atoms with Crippen molar-refractivity contribution in [3.05, 3.63) is 0 Å². The van der Waals surface area contributed by atoms with Gasteiger partial charge in [-0.25, -0.2) is 28.1 Å². The molecule has 3 unspecified atom stereocenters. The smallest absolute Gasteiger partial charge is 0.473 e. The number of carboxylic acids is 3. The van der Waals surface area contributed by atoms with Gasteiger partial charge >= 0.3 is 41.4 Å². The first-order valence-electron chi connectivity index (χ1n) is 8.33. The standard InChI is InChI=1S/C11H20NO20P3/c12-11(20)10(32-35(25,26)29-4-8(18)19)9(31-34(23,24)28-3-7(16)17)5(1-13)30-33(21,22)27-2-6(14)15/h5,9-10,13H,1-4H2,(H2,12,20)(H,14,15)(H,16,17)(H,18,19)(H,21,22)(H,23,24)(H,25,26)/t5-,9+,10+/m1/s1. The third-order valence-electron chi connectivity index (χ3n) is 2.95. The van der Waals surface area contributed by atoms with E-state index >= 15 is 0 Å². The molecule has 204 valence electrons. The molecule has 35 heavy (non-hydrogen) atoms. The first-order chi connectivity index (χ1) is 15.8. The Balaban J connectivity index is 6.23. The lowest BCUT2D eigenvalue weighted by atomic mass is 10.1. The summed E-state index contributed by atoms with van der Waals surface area (Å²) in [6.45, 7) is -6.01. The fourth-order valence-electron chi connectivity index (χ4n) is 1.76. The molecular weight excluding hydrogens is 559 g/mol. The third kappa shape index (κ3) is 14.4. The Morgan fingerprint density at radius 1 is 0.686 bits per heavy atom. The van der Waals surface area contributed by atoms with Crippen molar-refractivity contribution >= 4 is 47.3 Å². The summed E-state index contributed by atoms with van der Waals surface area (Å²) in [6.07, 6.45) is -8.18. The van der Waals surface area contributed by atoms with Gasteiger partial charge in [-0.15, -0.1) is 0 Å². The van der Waals surface area contributed by atoms with E-state index in [0.29, 0.717) is 0 Å². The molecule has 0 aromatic heterocycles. The number of amides is 1. The topological polar surface area (TPSA) is 342 Å². The van der Waals surface area contributed by atoms with E-state index in [2.05, 4.69) is 27.1 Å². The Bertz CT molecular complexity index is 920. The number of nitrogens with two attached hydrogens (primary N) is 1. The summed E-state index contributed by atoms with van der Waals surface area (Å²) in [4.78, 5) is 72.2. The van der Waals surface area contributed by atoms with Gasteiger partial charge in [-0.2, -0.15) is 0 Å². The zero-order valence-electron chi connectivity index (χ0n) is 16.9. The van der Waals surface area contributed by atoms with Crippen molar-refractivity contribution < 1.29 is 95.1 Å². The maximum absolute atomic E-state index is 12.1. The third-order valence-corrected chi connectivity index (χ3v) is 5.86. The van der Waals surface area contributed by atoms with Gasteiger partial charge in [0, 0.05) is 0 Å². The molecule has 1 amide bonds. The average molecular weight is 579 g/mol. The minimum Gasteiger partial charge on any atom is -0.480 e. The molecule has 0 saturated heterocycles. The lowest BCUT2D eigenvalue weighted by Crippen LogP contribution is -2.49. The minimum absolute atomic E-state index is 1.46. The molecular formula is C11H20NO20P3. The molecule has 0 aliphatic carbocycles. The molecule has 0 radical (unpaired) electrons. The number of aliphatic hydroxyl groups excluding tert-OH is 1. The van der Waals surface area contributed by atoms with Crippen LogP contribution in [0.25, 0.3) is 0 Å². The largest absolute Gasteiger partial charge is 0.480 e. The highest BCUT2D eigenvalue weighted by atomic mass is 31.2. The number of rotatable bonds is 19. The van der Waals surface area contributed by atoms with Crippen LogP contribution in [0.5, 0.6) is 0 Å². The van der Waals surface area contributed by atoms with Gasteiger partial charge in [0.2, 0.25) is 5.91 Å². The number of primary amides is 1. The van der Waals surface area contributed by atoms with Crippen molar-refractivity contribution in [1.82, 2.24) is 0 Å². The predicted molar refractivity (Wildman–Crippen MR) is 101 cm³/mol. The van der Waals surface area contributed by atoms with Crippen LogP contribution in [-0.2, 0) is 60.0 Å². The van der Waals surface area contributed by atoms with Crippen molar-refractivity contribution in [2.45, 2.75) is 18.3 Å². The van der Waals surface area contributed by atoms with Gasteiger partial charge in [0.1, 0.15) is 12.2 Å². The summed E-state index contributed by atoms with van der Waals surface area (Å²) in [7, 11) is -16.7. The molecule has 0 rings (SSSR count). The second-order valence-corrected chi connectivity index (χ2v) is 9.95. The molecule has 9 N–H and O–H groups in total. The lowest BCUT2D eigenvalue weighted by Gasteiger charge is -2.32. The second-order valence-electron chi connectivity index (χ2n) is 5.73. The molecule has 6 atom stereocenters. The average Bonchev–Trinajstić information content (AvgIpc) is 2.70. The summed E-state index contributed by atoms with van der Waals surface area (Å²) in [5.41, 5.74) is 4.96. The Kier molecular flexibility index (Phi) is 13.3. The molecule has 0 bridgehead atoms. The summed E-state index contributed by atoms with van der Waals surface area (Å²) in [6, 6.07) is 0. The van der Waals surface area contributed by atoms with Gasteiger partial charge in [0.05, 0.1) is 6.61 Å². The molecule has 0 aromatic rings. The van der Waals surface area contributed by atoms with Gasteiger partial charge in [-0.3, -0.25) is 31.9 Å². The van der Waals surface area contributed by atoms with Crippen LogP contribution in [0.15, 0.2) is 0 Å². The number of aliphatic hydroxyl groups is 1. The van der Waals surface area contributed by atoms with E-state index in [4.69, 9.17) is 21.1 Å². The number of aliphatic carboxylic acids is 3. The van der Waals surface area contributed by atoms with Crippen LogP contribution >= 0.6 is 23.5 Å². The normalized spacial score (nSPS) is 19.3. The predicted octanol–water partition coefficient (Wildman–Crippen LogP) is -2.78. The number of carbonyl (C=O) groups excluding carboxylic acids is 1. The number of hydrogen-bond acceptors (Lipinski definition) is 14. The first kappa shape index (κ1) is 33.2. The van der Waals surface area contributed by atoms with E-state index in [1.54, 1.807) is 0 Å². The van der Waals surface area contributed by atoms with Crippen LogP contribution in [0.4, 0.5) is 0 Å². The summed E-state index contributed by atoms with van der Waals surface area (Å²) in [5.74, 6) is -7.28. The molecule has 0 aromatic carbocycles. The number of phosphoric acid groups is 3. The van der Waals surface area contributed by atoms with Gasteiger partial charge in [0.25, 0.3) is 0 Å². The van der Waals surface area contributed by atoms with Crippen molar-refractivity contribution in [2.24, 2.45) is 5.73 Å². The molecule has 24 heteroatoms. The minimum atomic E-state index is -5.63. The molecule has 0 heterocycles. The zero-order valence-corrected chi connectivity index (χ0v) is 19.6. The lowest BCUT2D eigenvalue weighted by molar-refractivity contribution is -0.144. The maximum atomic E-state index is 12.1. The SMILES string of the molecule is NC(=O)[C@@H](OP(=O)(O)OCC(=O)O)[C@@H](OP(=O)(O)OCC(=O)O)[C@@H](CO)OP(=O)(O)OCC(=O)O. The van der Waals surface area contributed by atoms with Crippen LogP contribution in [0.2, 0.25) is 0 Å². The van der Waals surface area contributed by atoms with Crippen molar-refractivity contribution in [3.8, 4) is 0 Å². The fraction of sp³-hybridized carbons (Fsp3) is 0.636. The molecule has 0 aliphatic rings. The Labute approximate surface area is 193 Å². The van der Waals surface area contributed by atoms with E-state index in [1.165, 1.54) is 0 Å². The Hall–Kier alpha value is -1.83. The first-order valence-corrected chi connectivity index (χ1v) is 12.8. The number of phosphoric ester groups is 3. The quantitative estimate of drug-likeness (QED) is 0.0717. The zero-order chi connectivity index (χ0) is 27.6. The van der Waals surface area contributed by atoms with Gasteiger partial charge in [-0.1, -0.05) is 0 Å². The van der Waals surface area contributed by atoms with E-state index < -0.39 is 92.0 Å². The highest BCUT2D eigenvalue weighted by Crippen LogP contribution is 2.52. The van der Waals surface area contributed by atoms with E-state index in [9.17, 15) is 52.7 Å². The van der Waals surface area contributed by atoms with Gasteiger partial charge in [0.15, 0.2) is 25.9 Å². The fourth-order valence-corrected chi connectivity index (χ4v) is 4.36. The van der Waals surface area contributed by atoms with Crippen molar-refractivity contribution in [2.75, 3.05) is 26.4 Å². The number of carboxylic acid groups (broad SMARTS) is 3. The van der Waals surface area contributed by atoms with Gasteiger partial charge in [-0.05, 0) is 0 Å². The number of carbonyl (C=O) groups is 4. The second kappa shape index (κ2) is 14.0. The molecule has 21 nitrogen and oxygen atoms in total. The van der Waals surface area contributed by atoms with Crippen LogP contribution in [0.1, 0.15) is 0 Å². The molecule has 0 aliphatic heterocycles. The molecule has 0 saturated carbocycles. The Morgan fingerprint density at radius 2 is 1.03 bits per heavy atom. The van der Waals surface area contributed by atoms with E-state index in [-0.39, 0.29) is 0 Å². The van der Waals surface area contributed by atoms with Crippen LogP contribution in [0.3, 0.4) is 0 Å². The van der Waals surface area contributed by atoms with E-state index in [0.717, 1.165) is 0 Å². The molecule has 0 spiro atoms. The van der Waals surface area contributed by atoms with Crippen molar-refractivity contribution in [1.29, 1.82) is 0 Å². The summed E-state index contributed by atoms with van der Waals surface area (Å²) in [5, 5.41) is 35.0. The summed E-state index contributed by atoms with van der Waals surface area (Å²) >= 11 is 0. The van der Waals surface area contributed by atoms with E-state index in [1.807, 2.05) is 0 Å². The monoisotopic (exact) mass is 579 g/mol.